The minimum atomic E-state index is -0.353. The Hall–Kier alpha value is -3.02. The van der Waals surface area contributed by atoms with Crippen molar-refractivity contribution in [2.75, 3.05) is 26.2 Å². The summed E-state index contributed by atoms with van der Waals surface area (Å²) in [5.74, 6) is 0.0375. The second-order valence-corrected chi connectivity index (χ2v) is 13.1. The highest BCUT2D eigenvalue weighted by atomic mass is 35.5. The lowest BCUT2D eigenvalue weighted by Gasteiger charge is -2.26. The van der Waals surface area contributed by atoms with Crippen LogP contribution in [0, 0.1) is 0 Å². The van der Waals surface area contributed by atoms with Crippen LogP contribution in [0.4, 0.5) is 0 Å². The Bertz CT molecular complexity index is 1590. The number of aromatic nitrogens is 2. The van der Waals surface area contributed by atoms with Crippen molar-refractivity contribution in [2.24, 2.45) is 0 Å². The number of fused-ring (bicyclic) bond motifs is 1. The van der Waals surface area contributed by atoms with E-state index in [0.29, 0.717) is 0 Å². The van der Waals surface area contributed by atoms with Crippen LogP contribution >= 0.6 is 23.2 Å². The zero-order chi connectivity index (χ0) is 28.9. The van der Waals surface area contributed by atoms with E-state index in [1.807, 2.05) is 36.7 Å². The summed E-state index contributed by atoms with van der Waals surface area (Å²) in [4.78, 5) is 11.8. The highest BCUT2D eigenvalue weighted by Gasteiger charge is 2.25. The average molecular weight is 598 g/mol. The van der Waals surface area contributed by atoms with Gasteiger partial charge in [-0.05, 0) is 104 Å². The Morgan fingerprint density at radius 3 is 2.64 bits per heavy atom. The van der Waals surface area contributed by atoms with Crippen molar-refractivity contribution in [3.63, 3.8) is 0 Å². The molecular formula is C36H38Cl2N4. The molecular weight excluding hydrogens is 559 g/mol. The predicted molar refractivity (Wildman–Crippen MR) is 176 cm³/mol. The van der Waals surface area contributed by atoms with Gasteiger partial charge < -0.3 is 10.2 Å². The lowest BCUT2D eigenvalue weighted by molar-refractivity contribution is 0.229. The van der Waals surface area contributed by atoms with Crippen molar-refractivity contribution >= 4 is 34.1 Å². The molecule has 0 spiro atoms. The Morgan fingerprint density at radius 1 is 1.00 bits per heavy atom. The zero-order valence-corrected chi connectivity index (χ0v) is 25.7. The van der Waals surface area contributed by atoms with Crippen LogP contribution in [0.5, 0.6) is 0 Å². The summed E-state index contributed by atoms with van der Waals surface area (Å²) < 4.78 is 0. The maximum atomic E-state index is 6.64. The summed E-state index contributed by atoms with van der Waals surface area (Å²) in [6.45, 7) is 7.26. The van der Waals surface area contributed by atoms with Crippen molar-refractivity contribution in [1.82, 2.24) is 20.2 Å². The fourth-order valence-electron chi connectivity index (χ4n) is 6.16. The van der Waals surface area contributed by atoms with E-state index in [-0.39, 0.29) is 10.8 Å². The van der Waals surface area contributed by atoms with Crippen LogP contribution in [0.1, 0.15) is 55.3 Å². The molecule has 6 heteroatoms. The largest absolute Gasteiger partial charge is 0.310 e. The van der Waals surface area contributed by atoms with Crippen molar-refractivity contribution in [3.8, 4) is 11.1 Å². The highest BCUT2D eigenvalue weighted by molar-refractivity contribution is 6.31. The molecule has 2 aromatic heterocycles. The summed E-state index contributed by atoms with van der Waals surface area (Å²) in [5, 5.41) is 5.48. The molecule has 2 unspecified atom stereocenters. The number of likely N-dealkylation sites (tertiary alicyclic amines) is 1. The topological polar surface area (TPSA) is 41.1 Å². The van der Waals surface area contributed by atoms with Gasteiger partial charge in [-0.15, -0.1) is 11.6 Å². The molecule has 2 aliphatic rings. The summed E-state index contributed by atoms with van der Waals surface area (Å²) in [6, 6.07) is 21.2. The third-order valence-electron chi connectivity index (χ3n) is 8.43. The smallest absolute Gasteiger partial charge is 0.0712 e. The molecule has 1 saturated heterocycles. The van der Waals surface area contributed by atoms with Gasteiger partial charge in [-0.1, -0.05) is 60.5 Å². The van der Waals surface area contributed by atoms with Gasteiger partial charge in [0.1, 0.15) is 0 Å². The summed E-state index contributed by atoms with van der Waals surface area (Å²) >= 11 is 13.1. The number of rotatable bonds is 9. The fraction of sp³-hybridized carbons (Fsp3) is 0.333. The molecule has 0 amide bonds. The number of halogens is 2. The molecule has 2 atom stereocenters. The summed E-state index contributed by atoms with van der Waals surface area (Å²) in [6.07, 6.45) is 15.1. The van der Waals surface area contributed by atoms with E-state index in [9.17, 15) is 0 Å². The third-order valence-corrected chi connectivity index (χ3v) is 8.94. The fourth-order valence-corrected chi connectivity index (χ4v) is 6.49. The van der Waals surface area contributed by atoms with E-state index in [4.69, 9.17) is 28.2 Å². The van der Waals surface area contributed by atoms with E-state index < -0.39 is 0 Å². The molecule has 0 saturated carbocycles. The van der Waals surface area contributed by atoms with Crippen LogP contribution in [0.25, 0.3) is 22.0 Å². The molecule has 1 aliphatic heterocycles. The van der Waals surface area contributed by atoms with Crippen LogP contribution in [-0.4, -0.2) is 45.9 Å². The Kier molecular flexibility index (Phi) is 9.06. The van der Waals surface area contributed by atoms with Crippen molar-refractivity contribution in [3.05, 3.63) is 119 Å². The molecule has 42 heavy (non-hydrogen) atoms. The maximum absolute atomic E-state index is 6.64. The lowest BCUT2D eigenvalue weighted by Crippen LogP contribution is -2.35. The molecule has 4 nitrogen and oxygen atoms in total. The van der Waals surface area contributed by atoms with Gasteiger partial charge in [0.15, 0.2) is 0 Å². The van der Waals surface area contributed by atoms with Crippen molar-refractivity contribution < 1.29 is 0 Å². The lowest BCUT2D eigenvalue weighted by atomic mass is 9.81. The molecule has 0 bridgehead atoms. The first kappa shape index (κ1) is 29.1. The third kappa shape index (κ3) is 6.95. The number of piperidine rings is 1. The van der Waals surface area contributed by atoms with E-state index >= 15 is 0 Å². The molecule has 0 radical (unpaired) electrons. The number of pyridine rings is 2. The van der Waals surface area contributed by atoms with Gasteiger partial charge in [0, 0.05) is 48.4 Å². The second kappa shape index (κ2) is 13.1. The van der Waals surface area contributed by atoms with Gasteiger partial charge in [0.05, 0.1) is 16.1 Å². The Labute approximate surface area is 259 Å². The number of alkyl halides is 1. The number of nitrogens with zero attached hydrogens (tertiary/aromatic N) is 3. The minimum absolute atomic E-state index is 0.0375. The van der Waals surface area contributed by atoms with Crippen LogP contribution in [0.2, 0.25) is 5.02 Å². The molecule has 6 rings (SSSR count). The van der Waals surface area contributed by atoms with Gasteiger partial charge in [0.25, 0.3) is 0 Å². The van der Waals surface area contributed by atoms with Gasteiger partial charge in [-0.3, -0.25) is 9.97 Å². The quantitative estimate of drug-likeness (QED) is 0.155. The molecule has 2 aromatic carbocycles. The van der Waals surface area contributed by atoms with E-state index in [1.165, 1.54) is 43.5 Å². The molecule has 1 N–H and O–H groups in total. The SMILES string of the molecule is CC1(Cl)C=CC(C(c2cccnc2)c2ccc3nc(CNCCN4CCCCC4)cc(-c4cccc(Cl)c4)c3c2)=CC1. The maximum Gasteiger partial charge on any atom is 0.0712 e. The highest BCUT2D eigenvalue weighted by Crippen LogP contribution is 2.40. The zero-order valence-electron chi connectivity index (χ0n) is 24.2. The first-order chi connectivity index (χ1) is 20.4. The van der Waals surface area contributed by atoms with Crippen LogP contribution in [0.3, 0.4) is 0 Å². The summed E-state index contributed by atoms with van der Waals surface area (Å²) in [5.41, 5.74) is 7.83. The van der Waals surface area contributed by atoms with E-state index in [0.717, 1.165) is 64.4 Å². The predicted octanol–water partition coefficient (Wildman–Crippen LogP) is 8.54. The number of allylic oxidation sites excluding steroid dienone is 4. The molecule has 3 heterocycles. The average Bonchev–Trinajstić information content (AvgIpc) is 3.01. The Morgan fingerprint density at radius 2 is 1.88 bits per heavy atom. The van der Waals surface area contributed by atoms with Crippen molar-refractivity contribution in [1.29, 1.82) is 0 Å². The first-order valence-corrected chi connectivity index (χ1v) is 15.8. The van der Waals surface area contributed by atoms with Crippen LogP contribution in [0.15, 0.2) is 96.9 Å². The van der Waals surface area contributed by atoms with E-state index in [2.05, 4.69) is 76.8 Å². The first-order valence-electron chi connectivity index (χ1n) is 15.1. The Balaban J connectivity index is 1.36. The second-order valence-electron chi connectivity index (χ2n) is 11.8. The minimum Gasteiger partial charge on any atom is -0.310 e. The summed E-state index contributed by atoms with van der Waals surface area (Å²) in [7, 11) is 0. The molecule has 1 fully saturated rings. The normalized spacial score (nSPS) is 20.0. The number of hydrogen-bond acceptors (Lipinski definition) is 4. The van der Waals surface area contributed by atoms with Gasteiger partial charge in [-0.2, -0.15) is 0 Å². The number of nitrogens with one attached hydrogen (secondary N) is 1. The number of benzene rings is 2. The molecule has 4 aromatic rings. The van der Waals surface area contributed by atoms with Gasteiger partial charge in [0.2, 0.25) is 0 Å². The van der Waals surface area contributed by atoms with Gasteiger partial charge >= 0.3 is 0 Å². The standard InChI is InChI=1S/C36H38Cl2N4/c1-36(38)14-12-26(13-15-36)35(29-8-6-16-39-24-29)28-10-11-34-33(22-28)32(27-7-5-9-30(37)21-27)23-31(41-34)25-40-17-20-42-18-3-2-4-19-42/h5-14,16,21-24,35,40H,2-4,15,17-20,25H2,1H3. The van der Waals surface area contributed by atoms with Crippen LogP contribution in [-0.2, 0) is 6.54 Å². The molecule has 216 valence electrons. The van der Waals surface area contributed by atoms with Crippen LogP contribution < -0.4 is 5.32 Å². The molecule has 1 aliphatic carbocycles. The van der Waals surface area contributed by atoms with Crippen molar-refractivity contribution in [2.45, 2.75) is 49.9 Å². The number of hydrogen-bond donors (Lipinski definition) is 1. The van der Waals surface area contributed by atoms with Gasteiger partial charge in [-0.25, -0.2) is 0 Å². The monoisotopic (exact) mass is 596 g/mol. The van der Waals surface area contributed by atoms with E-state index in [1.54, 1.807) is 0 Å².